The van der Waals surface area contributed by atoms with Crippen LogP contribution < -0.4 is 5.32 Å². The van der Waals surface area contributed by atoms with E-state index >= 15 is 0 Å². The van der Waals surface area contributed by atoms with Gasteiger partial charge in [-0.1, -0.05) is 18.2 Å². The molecule has 4 nitrogen and oxygen atoms in total. The van der Waals surface area contributed by atoms with Crippen LogP contribution >= 0.6 is 0 Å². The van der Waals surface area contributed by atoms with Gasteiger partial charge in [0.1, 0.15) is 0 Å². The summed E-state index contributed by atoms with van der Waals surface area (Å²) in [4.78, 5) is 6.48. The first-order valence-corrected chi connectivity index (χ1v) is 8.03. The predicted molar refractivity (Wildman–Crippen MR) is 91.1 cm³/mol. The van der Waals surface area contributed by atoms with Gasteiger partial charge in [-0.3, -0.25) is 4.98 Å². The summed E-state index contributed by atoms with van der Waals surface area (Å²) < 4.78 is 0. The Bertz CT molecular complexity index is 628. The first-order valence-electron chi connectivity index (χ1n) is 8.03. The Morgan fingerprint density at radius 2 is 1.95 bits per heavy atom. The number of hydrogen-bond donors (Lipinski definition) is 2. The molecule has 0 aliphatic heterocycles. The molecule has 0 spiro atoms. The zero-order chi connectivity index (χ0) is 15.6. The zero-order valence-electron chi connectivity index (χ0n) is 13.4. The van der Waals surface area contributed by atoms with Crippen LogP contribution in [0.15, 0.2) is 36.5 Å². The molecule has 3 rings (SSSR count). The van der Waals surface area contributed by atoms with E-state index in [4.69, 9.17) is 0 Å². The molecule has 4 heteroatoms. The molecule has 0 unspecified atom stereocenters. The van der Waals surface area contributed by atoms with Crippen molar-refractivity contribution < 1.29 is 5.11 Å². The predicted octanol–water partition coefficient (Wildman–Crippen LogP) is 2.88. The van der Waals surface area contributed by atoms with E-state index in [0.717, 1.165) is 43.4 Å². The standard InChI is InChI=1S/C18H25N3O/c1-21(2)13-18(22)10-7-14(8-11-18)20-17-9-12-19-16-6-4-3-5-15(16)17/h3-6,9,12,14,22H,7-8,10-11,13H2,1-2H3,(H,19,20)/t14-,18-. The SMILES string of the molecule is CN(C)C[C@]1(O)CC[C@H](Nc2ccnc3ccccc23)CC1. The number of pyridine rings is 1. The Hall–Kier alpha value is -1.65. The molecule has 1 saturated carbocycles. The monoisotopic (exact) mass is 299 g/mol. The minimum absolute atomic E-state index is 0.424. The highest BCUT2D eigenvalue weighted by Crippen LogP contribution is 2.31. The van der Waals surface area contributed by atoms with E-state index in [1.165, 1.54) is 5.39 Å². The van der Waals surface area contributed by atoms with E-state index in [1.54, 1.807) is 0 Å². The molecule has 0 amide bonds. The molecule has 118 valence electrons. The number of aliphatic hydroxyl groups is 1. The summed E-state index contributed by atoms with van der Waals surface area (Å²) in [6.07, 6.45) is 5.57. The maximum atomic E-state index is 10.6. The maximum absolute atomic E-state index is 10.6. The van der Waals surface area contributed by atoms with Crippen LogP contribution in [0.2, 0.25) is 0 Å². The molecule has 1 aliphatic carbocycles. The van der Waals surface area contributed by atoms with E-state index in [1.807, 2.05) is 44.6 Å². The van der Waals surface area contributed by atoms with Crippen molar-refractivity contribution in [2.75, 3.05) is 26.0 Å². The lowest BCUT2D eigenvalue weighted by Gasteiger charge is -2.38. The highest BCUT2D eigenvalue weighted by molar-refractivity contribution is 5.90. The largest absolute Gasteiger partial charge is 0.389 e. The van der Waals surface area contributed by atoms with Gasteiger partial charge in [0.25, 0.3) is 0 Å². The zero-order valence-corrected chi connectivity index (χ0v) is 13.4. The van der Waals surface area contributed by atoms with Crippen LogP contribution in [0.4, 0.5) is 5.69 Å². The van der Waals surface area contributed by atoms with E-state index in [2.05, 4.69) is 21.3 Å². The van der Waals surface area contributed by atoms with Crippen molar-refractivity contribution in [3.05, 3.63) is 36.5 Å². The lowest BCUT2D eigenvalue weighted by molar-refractivity contribution is -0.0183. The number of nitrogens with one attached hydrogen (secondary N) is 1. The molecule has 1 fully saturated rings. The summed E-state index contributed by atoms with van der Waals surface area (Å²) in [6, 6.07) is 10.7. The van der Waals surface area contributed by atoms with Crippen molar-refractivity contribution in [2.24, 2.45) is 0 Å². The van der Waals surface area contributed by atoms with Crippen molar-refractivity contribution in [3.8, 4) is 0 Å². The molecule has 1 heterocycles. The van der Waals surface area contributed by atoms with Crippen LogP contribution in [0.25, 0.3) is 10.9 Å². The normalized spacial score (nSPS) is 25.5. The Kier molecular flexibility index (Phi) is 4.32. The number of hydrogen-bond acceptors (Lipinski definition) is 4. The highest BCUT2D eigenvalue weighted by Gasteiger charge is 2.33. The summed E-state index contributed by atoms with van der Waals surface area (Å²) in [5.41, 5.74) is 1.64. The average molecular weight is 299 g/mol. The fourth-order valence-corrected chi connectivity index (χ4v) is 3.49. The fraction of sp³-hybridized carbons (Fsp3) is 0.500. The van der Waals surface area contributed by atoms with Gasteiger partial charge in [0.15, 0.2) is 0 Å². The molecule has 0 bridgehead atoms. The highest BCUT2D eigenvalue weighted by atomic mass is 16.3. The first kappa shape index (κ1) is 15.3. The first-order chi connectivity index (χ1) is 10.6. The fourth-order valence-electron chi connectivity index (χ4n) is 3.49. The van der Waals surface area contributed by atoms with Crippen LogP contribution in [0, 0.1) is 0 Å². The van der Waals surface area contributed by atoms with Gasteiger partial charge in [-0.05, 0) is 51.9 Å². The molecule has 22 heavy (non-hydrogen) atoms. The number of likely N-dealkylation sites (N-methyl/N-ethyl adjacent to an activating group) is 1. The van der Waals surface area contributed by atoms with Gasteiger partial charge >= 0.3 is 0 Å². The van der Waals surface area contributed by atoms with Gasteiger partial charge in [-0.25, -0.2) is 0 Å². The van der Waals surface area contributed by atoms with Crippen LogP contribution in [-0.4, -0.2) is 47.3 Å². The van der Waals surface area contributed by atoms with Crippen LogP contribution in [0.1, 0.15) is 25.7 Å². The molecule has 0 radical (unpaired) electrons. The average Bonchev–Trinajstić information content (AvgIpc) is 2.49. The number of fused-ring (bicyclic) bond motifs is 1. The van der Waals surface area contributed by atoms with Gasteiger partial charge in [0.05, 0.1) is 11.1 Å². The molecule has 0 saturated heterocycles. The topological polar surface area (TPSA) is 48.4 Å². The molecular weight excluding hydrogens is 274 g/mol. The van der Waals surface area contributed by atoms with Gasteiger partial charge in [-0.15, -0.1) is 0 Å². The Morgan fingerprint density at radius 1 is 1.23 bits per heavy atom. The second kappa shape index (κ2) is 6.23. The number of rotatable bonds is 4. The van der Waals surface area contributed by atoms with E-state index in [9.17, 15) is 5.11 Å². The third-order valence-electron chi connectivity index (χ3n) is 4.54. The summed E-state index contributed by atoms with van der Waals surface area (Å²) in [7, 11) is 4.04. The number of para-hydroxylation sites is 1. The molecule has 1 aromatic carbocycles. The summed E-state index contributed by atoms with van der Waals surface area (Å²) in [5, 5.41) is 15.4. The number of aromatic nitrogens is 1. The van der Waals surface area contributed by atoms with E-state index < -0.39 is 5.60 Å². The van der Waals surface area contributed by atoms with Crippen molar-refractivity contribution in [1.82, 2.24) is 9.88 Å². The lowest BCUT2D eigenvalue weighted by atomic mass is 9.82. The van der Waals surface area contributed by atoms with Gasteiger partial charge in [0.2, 0.25) is 0 Å². The van der Waals surface area contributed by atoms with Gasteiger partial charge in [-0.2, -0.15) is 0 Å². The minimum atomic E-state index is -0.526. The molecule has 1 aliphatic rings. The van der Waals surface area contributed by atoms with Gasteiger partial charge in [0, 0.05) is 29.9 Å². The summed E-state index contributed by atoms with van der Waals surface area (Å²) >= 11 is 0. The molecular formula is C18H25N3O. The van der Waals surface area contributed by atoms with Crippen molar-refractivity contribution >= 4 is 16.6 Å². The quantitative estimate of drug-likeness (QED) is 0.911. The van der Waals surface area contributed by atoms with Crippen LogP contribution in [0.3, 0.4) is 0 Å². The smallest absolute Gasteiger partial charge is 0.0775 e. The van der Waals surface area contributed by atoms with E-state index in [0.29, 0.717) is 6.04 Å². The third kappa shape index (κ3) is 3.39. The maximum Gasteiger partial charge on any atom is 0.0775 e. The molecule has 2 aromatic rings. The second-order valence-corrected chi connectivity index (χ2v) is 6.76. The molecule has 2 N–H and O–H groups in total. The number of anilines is 1. The molecule has 0 atom stereocenters. The van der Waals surface area contributed by atoms with E-state index in [-0.39, 0.29) is 0 Å². The minimum Gasteiger partial charge on any atom is -0.389 e. The Labute approximate surface area is 132 Å². The Balaban J connectivity index is 1.67. The van der Waals surface area contributed by atoms with Crippen LogP contribution in [0.5, 0.6) is 0 Å². The summed E-state index contributed by atoms with van der Waals surface area (Å²) in [6.45, 7) is 0.748. The van der Waals surface area contributed by atoms with Crippen LogP contribution in [-0.2, 0) is 0 Å². The number of benzene rings is 1. The Morgan fingerprint density at radius 3 is 2.68 bits per heavy atom. The lowest BCUT2D eigenvalue weighted by Crippen LogP contribution is -2.45. The van der Waals surface area contributed by atoms with Crippen molar-refractivity contribution in [2.45, 2.75) is 37.3 Å². The van der Waals surface area contributed by atoms with Crippen molar-refractivity contribution in [1.29, 1.82) is 0 Å². The molecule has 1 aromatic heterocycles. The van der Waals surface area contributed by atoms with Gasteiger partial charge < -0.3 is 15.3 Å². The number of nitrogens with zero attached hydrogens (tertiary/aromatic N) is 2. The third-order valence-corrected chi connectivity index (χ3v) is 4.54. The second-order valence-electron chi connectivity index (χ2n) is 6.76. The van der Waals surface area contributed by atoms with Crippen molar-refractivity contribution in [3.63, 3.8) is 0 Å². The summed E-state index contributed by atoms with van der Waals surface area (Å²) in [5.74, 6) is 0.